The van der Waals surface area contributed by atoms with Crippen LogP contribution >= 0.6 is 0 Å². The zero-order valence-corrected chi connectivity index (χ0v) is 70.3. The van der Waals surface area contributed by atoms with E-state index >= 15 is 60.1 Å². The van der Waals surface area contributed by atoms with Crippen LogP contribution in [0.15, 0.2) is 248 Å². The molecule has 0 aliphatic heterocycles. The van der Waals surface area contributed by atoms with E-state index in [0.29, 0.717) is 12.1 Å². The molecule has 0 atom stereocenters. The second-order valence-corrected chi connectivity index (χ2v) is 37.2. The fraction of sp³-hybridized carbons (Fsp3) is 0.0115. The standard InChI is InChI=1S/C87H44N12O26S6/c88-94-62-35-29-48-54(76(62)102)17-7-23-68(48)126(108,109)120-82-46(42-60(74(100)44-13-3-1-4-14-44)84(122-128(112,113)70-25-9-19-56-50(70)31-37-64(96-90)78(56)104)86(82)124-130(116,117)72-27-11-21-58-52(72)33-39-66(98-92)80(58)106)41-47-43-61(75(101)45-15-5-2-6-16-45)85(123-129(114,115)71-26-10-20-57-51(71)32-38-65(97-91)79(57)105)87(125-131(118,119)73-28-12-22-59-53(73)34-40-67(99-93)81(59)107)83(47)121-127(110,111)69-24-8-18-55-49(69)30-36-63(95-89)77(55)103/h1-40,42-43H,41H2. The molecule has 0 spiro atoms. The average Bonchev–Trinajstić information content (AvgIpc) is 0.726. The molecule has 131 heavy (non-hydrogen) atoms. The molecular formula is C87H44N12O26S6. The van der Waals surface area contributed by atoms with Crippen molar-refractivity contribution < 1.29 is 143 Å². The normalized spacial score (nSPS) is 14.2. The molecule has 0 unspecified atom stereocenters. The zero-order chi connectivity index (χ0) is 93.3. The fourth-order valence-electron chi connectivity index (χ4n) is 14.6. The molecule has 0 bridgehead atoms. The maximum absolute atomic E-state index is 16.3. The Bertz CT molecular complexity index is 7930. The second-order valence-electron chi connectivity index (χ2n) is 28.1. The van der Waals surface area contributed by atoms with E-state index in [0.717, 1.165) is 206 Å². The lowest BCUT2D eigenvalue weighted by molar-refractivity contribution is -0.00459. The Morgan fingerprint density at radius 1 is 0.237 bits per heavy atom. The van der Waals surface area contributed by atoms with Crippen molar-refractivity contribution in [3.05, 3.63) is 352 Å². The minimum absolute atomic E-state index is 0.463. The summed E-state index contributed by atoms with van der Waals surface area (Å²) in [6.45, 7) is 0. The number of rotatable bonds is 24. The van der Waals surface area contributed by atoms with E-state index in [-0.39, 0.29) is 0 Å². The number of hydrogen-bond donors (Lipinski definition) is 0. The van der Waals surface area contributed by atoms with Crippen molar-refractivity contribution in [3.8, 4) is 34.5 Å². The molecule has 644 valence electrons. The summed E-state index contributed by atoms with van der Waals surface area (Å²) in [6, 6.07) is 29.2. The Hall–Kier alpha value is -17.2. The van der Waals surface area contributed by atoms with Crippen molar-refractivity contribution in [2.45, 2.75) is 35.8 Å². The molecule has 6 aliphatic rings. The Balaban J connectivity index is 1.08. The predicted octanol–water partition coefficient (Wildman–Crippen LogP) is 9.63. The number of carbonyl (C=O) groups excluding carboxylic acids is 8. The van der Waals surface area contributed by atoms with Crippen LogP contribution in [-0.2, 0) is 67.1 Å². The number of benzene rings is 10. The first kappa shape index (κ1) is 87.3. The summed E-state index contributed by atoms with van der Waals surface area (Å²) in [4.78, 5) is 127. The minimum Gasteiger partial charge on any atom is -0.374 e. The van der Waals surface area contributed by atoms with Gasteiger partial charge in [0.05, 0.1) is 11.1 Å². The number of nitrogens with zero attached hydrogens (tertiary/aromatic N) is 12. The quantitative estimate of drug-likeness (QED) is 0.0235. The van der Waals surface area contributed by atoms with Gasteiger partial charge in [0.25, 0.3) is 34.7 Å². The van der Waals surface area contributed by atoms with Crippen LogP contribution in [0, 0.1) is 0 Å². The van der Waals surface area contributed by atoms with E-state index in [1.807, 2.05) is 0 Å². The summed E-state index contributed by atoms with van der Waals surface area (Å²) < 4.78 is 230. The van der Waals surface area contributed by atoms with Crippen molar-refractivity contribution in [2.75, 3.05) is 0 Å². The summed E-state index contributed by atoms with van der Waals surface area (Å²) >= 11 is 0. The van der Waals surface area contributed by atoms with E-state index < -0.39 is 312 Å². The smallest absolute Gasteiger partial charge is 0.362 e. The van der Waals surface area contributed by atoms with Crippen molar-refractivity contribution in [3.63, 3.8) is 0 Å². The zero-order valence-electron chi connectivity index (χ0n) is 65.4. The lowest BCUT2D eigenvalue weighted by Crippen LogP contribution is -2.24. The number of allylic oxidation sites excluding steroid dienone is 6. The van der Waals surface area contributed by atoms with Gasteiger partial charge in [-0.3, -0.25) is 38.4 Å². The number of Topliss-reactive ketones (excluding diaryl/α,β-unsaturated/α-hetero) is 6. The molecule has 0 saturated heterocycles. The highest BCUT2D eigenvalue weighted by Crippen LogP contribution is 2.54. The third-order valence-electron chi connectivity index (χ3n) is 20.6. The van der Waals surface area contributed by atoms with E-state index in [4.69, 9.17) is 25.1 Å². The molecule has 6 aliphatic carbocycles. The van der Waals surface area contributed by atoms with Gasteiger partial charge in [0.1, 0.15) is 29.4 Å². The maximum Gasteiger partial charge on any atom is 0.362 e. The van der Waals surface area contributed by atoms with Crippen LogP contribution in [0.2, 0.25) is 0 Å². The molecule has 0 amide bonds. The van der Waals surface area contributed by atoms with Crippen molar-refractivity contribution >= 4 is 178 Å². The molecule has 10 aromatic rings. The molecule has 44 heteroatoms. The van der Waals surface area contributed by atoms with E-state index in [9.17, 15) is 62.0 Å². The van der Waals surface area contributed by atoms with Gasteiger partial charge in [-0.2, -0.15) is 79.2 Å². The monoisotopic (exact) mass is 1860 g/mol. The molecular weight excluding hydrogens is 1820 g/mol. The Morgan fingerprint density at radius 2 is 0.427 bits per heavy atom. The van der Waals surface area contributed by atoms with Crippen LogP contribution in [0.5, 0.6) is 34.5 Å². The highest BCUT2D eigenvalue weighted by Gasteiger charge is 2.46. The van der Waals surface area contributed by atoms with Gasteiger partial charge in [-0.05, 0) is 85.0 Å². The molecule has 0 saturated carbocycles. The highest BCUT2D eigenvalue weighted by molar-refractivity contribution is 7.88. The van der Waals surface area contributed by atoms with Gasteiger partial charge in [-0.15, -0.1) is 0 Å². The minimum atomic E-state index is -6.20. The predicted molar refractivity (Wildman–Crippen MR) is 453 cm³/mol. The molecule has 0 fully saturated rings. The van der Waals surface area contributed by atoms with Gasteiger partial charge in [-0.1, -0.05) is 133 Å². The van der Waals surface area contributed by atoms with Gasteiger partial charge in [0.2, 0.25) is 23.0 Å². The van der Waals surface area contributed by atoms with Crippen LogP contribution in [0.4, 0.5) is 0 Å². The van der Waals surface area contributed by atoms with Gasteiger partial charge >= 0.3 is 95.0 Å². The first-order chi connectivity index (χ1) is 62.5. The van der Waals surface area contributed by atoms with Crippen LogP contribution < -0.4 is 25.1 Å². The average molecular weight is 1870 g/mol. The maximum atomic E-state index is 16.3. The number of carbonyl (C=O) groups is 8. The second kappa shape index (κ2) is 33.3. The molecule has 0 radical (unpaired) electrons. The van der Waals surface area contributed by atoms with E-state index in [1.165, 1.54) is 36.4 Å². The fourth-order valence-corrected chi connectivity index (χ4v) is 21.6. The summed E-state index contributed by atoms with van der Waals surface area (Å²) in [5.74, 6) is -21.0. The summed E-state index contributed by atoms with van der Waals surface area (Å²) in [6.07, 6.45) is 8.64. The molecule has 0 heterocycles. The Morgan fingerprint density at radius 3 is 0.626 bits per heavy atom. The Kier molecular flexibility index (Phi) is 22.2. The number of hydrogen-bond acceptors (Lipinski definition) is 26. The van der Waals surface area contributed by atoms with E-state index in [1.54, 1.807) is 0 Å². The van der Waals surface area contributed by atoms with Crippen molar-refractivity contribution in [1.29, 1.82) is 0 Å². The van der Waals surface area contributed by atoms with Crippen LogP contribution in [0.3, 0.4) is 0 Å². The largest absolute Gasteiger partial charge is 0.374 e. The lowest BCUT2D eigenvalue weighted by Gasteiger charge is -2.25. The molecule has 10 aromatic carbocycles. The van der Waals surface area contributed by atoms with Gasteiger partial charge in [0.15, 0.2) is 23.1 Å². The van der Waals surface area contributed by atoms with Gasteiger partial charge < -0.3 is 58.3 Å². The number of ketones is 8. The third kappa shape index (κ3) is 15.5. The summed E-state index contributed by atoms with van der Waals surface area (Å²) in [5, 5.41) is 0. The van der Waals surface area contributed by atoms with E-state index in [2.05, 4.69) is 28.7 Å². The SMILES string of the molecule is [N-]=[N+]=C1C=Cc2c(cccc2S(=O)(=O)Oc2c(Cc3cc(C(=O)c4ccccc4)c(OS(=O)(=O)c4cccc5c4C=CC(=[N+]=[N-])C5=O)c(OS(=O)(=O)c4cccc5c4C=CC(=[N+]=[N-])C5=O)c3OS(=O)(=O)c3cccc4c3C=CC(=[N+]=[N-])C4=O)cc(C(=O)c3ccccc3)c(OS(=O)(=O)c3cccc4c3C=CC(=[N+]=[N-])C4=O)c2OS(=O)(=O)c2cccc3c2C=CC(=[N+]=[N-])C3=O)C1=O. The molecule has 0 aromatic heterocycles. The van der Waals surface area contributed by atoms with Crippen LogP contribution in [0.1, 0.15) is 138 Å². The first-order valence-electron chi connectivity index (χ1n) is 37.2. The summed E-state index contributed by atoms with van der Waals surface area (Å²) in [7, 11) is -36.8. The number of fused-ring (bicyclic) bond motifs is 6. The van der Waals surface area contributed by atoms with Crippen LogP contribution in [0.25, 0.3) is 69.6 Å². The van der Waals surface area contributed by atoms with Gasteiger partial charge in [0, 0.05) is 132 Å². The topological polar surface area (TPSA) is 615 Å². The molecule has 16 rings (SSSR count). The summed E-state index contributed by atoms with van der Waals surface area (Å²) in [5.41, 5.74) is 41.8. The van der Waals surface area contributed by atoms with Crippen LogP contribution in [-0.4, -0.2) is 160 Å². The first-order valence-corrected chi connectivity index (χ1v) is 45.7. The van der Waals surface area contributed by atoms with Crippen molar-refractivity contribution in [1.82, 2.24) is 0 Å². The Labute approximate surface area is 737 Å². The van der Waals surface area contributed by atoms with Gasteiger partial charge in [-0.25, -0.2) is 0 Å². The molecule has 38 nitrogen and oxygen atoms in total. The highest BCUT2D eigenvalue weighted by atomic mass is 32.2. The third-order valence-corrected chi connectivity index (χ3v) is 28.3. The lowest BCUT2D eigenvalue weighted by atomic mass is 9.93. The van der Waals surface area contributed by atoms with Crippen molar-refractivity contribution in [2.24, 2.45) is 0 Å². The molecule has 0 N–H and O–H groups in total.